The molecule has 1 fully saturated rings. The van der Waals surface area contributed by atoms with Crippen molar-refractivity contribution >= 4 is 11.9 Å². The van der Waals surface area contributed by atoms with Crippen LogP contribution in [0.25, 0.3) is 0 Å². The molecule has 0 spiro atoms. The summed E-state index contributed by atoms with van der Waals surface area (Å²) in [5.74, 6) is 0.473. The maximum atomic E-state index is 11.9. The van der Waals surface area contributed by atoms with Gasteiger partial charge in [-0.2, -0.15) is 0 Å². The molecule has 5 heteroatoms. The van der Waals surface area contributed by atoms with Gasteiger partial charge in [0.25, 0.3) is 5.91 Å². The number of carbonyl (C=O) groups is 2. The average molecular weight is 319 g/mol. The van der Waals surface area contributed by atoms with E-state index in [4.69, 9.17) is 9.47 Å². The minimum atomic E-state index is -0.429. The fourth-order valence-corrected chi connectivity index (χ4v) is 2.98. The lowest BCUT2D eigenvalue weighted by Crippen LogP contribution is -2.42. The number of esters is 1. The Hall–Kier alpha value is -2.04. The number of carbonyl (C=O) groups excluding carboxylic acids is 2. The van der Waals surface area contributed by atoms with E-state index in [2.05, 4.69) is 12.2 Å². The number of methoxy groups -OCH3 is 1. The monoisotopic (exact) mass is 319 g/mol. The van der Waals surface area contributed by atoms with Crippen LogP contribution in [0, 0.1) is 5.92 Å². The zero-order valence-electron chi connectivity index (χ0n) is 13.8. The number of nitrogens with one attached hydrogen (secondary N) is 1. The molecule has 2 rings (SSSR count). The van der Waals surface area contributed by atoms with Gasteiger partial charge in [-0.25, -0.2) is 0 Å². The molecule has 1 aliphatic carbocycles. The normalized spacial score (nSPS) is 20.6. The van der Waals surface area contributed by atoms with Crippen LogP contribution >= 0.6 is 0 Å². The van der Waals surface area contributed by atoms with Gasteiger partial charge in [0.2, 0.25) is 0 Å². The molecule has 1 saturated carbocycles. The summed E-state index contributed by atoms with van der Waals surface area (Å²) in [5.41, 5.74) is 0.751. The lowest BCUT2D eigenvalue weighted by atomic mass is 9.86. The van der Waals surface area contributed by atoms with Crippen LogP contribution in [-0.4, -0.2) is 31.6 Å². The summed E-state index contributed by atoms with van der Waals surface area (Å²) in [6.07, 6.45) is 4.60. The summed E-state index contributed by atoms with van der Waals surface area (Å²) in [5, 5.41) is 2.97. The largest absolute Gasteiger partial charge is 0.496 e. The van der Waals surface area contributed by atoms with Crippen molar-refractivity contribution in [3.05, 3.63) is 29.8 Å². The molecule has 1 N–H and O–H groups in total. The van der Waals surface area contributed by atoms with Gasteiger partial charge < -0.3 is 14.8 Å². The number of hydrogen-bond donors (Lipinski definition) is 1. The van der Waals surface area contributed by atoms with Crippen molar-refractivity contribution in [2.75, 3.05) is 13.7 Å². The summed E-state index contributed by atoms with van der Waals surface area (Å²) in [6.45, 7) is 1.93. The quantitative estimate of drug-likeness (QED) is 0.818. The molecule has 0 aromatic heterocycles. The third-order valence-electron chi connectivity index (χ3n) is 4.35. The second-order valence-electron chi connectivity index (χ2n) is 6.09. The maximum Gasteiger partial charge on any atom is 0.310 e. The smallest absolute Gasteiger partial charge is 0.310 e. The van der Waals surface area contributed by atoms with E-state index >= 15 is 0 Å². The van der Waals surface area contributed by atoms with Crippen LogP contribution in [0.1, 0.15) is 38.2 Å². The average Bonchev–Trinajstić information content (AvgIpc) is 2.55. The van der Waals surface area contributed by atoms with Crippen LogP contribution < -0.4 is 10.1 Å². The predicted molar refractivity (Wildman–Crippen MR) is 87.2 cm³/mol. The molecule has 23 heavy (non-hydrogen) atoms. The van der Waals surface area contributed by atoms with Gasteiger partial charge in [-0.15, -0.1) is 0 Å². The van der Waals surface area contributed by atoms with E-state index in [1.54, 1.807) is 13.2 Å². The third kappa shape index (κ3) is 5.27. The van der Waals surface area contributed by atoms with E-state index in [0.29, 0.717) is 11.7 Å². The molecule has 0 aliphatic heterocycles. The SMILES string of the molecule is COc1ccccc1CC(=O)OCC(=O)N[C@@H]1CCCC[C@H]1C. The predicted octanol–water partition coefficient (Wildman–Crippen LogP) is 2.48. The fourth-order valence-electron chi connectivity index (χ4n) is 2.98. The van der Waals surface area contributed by atoms with E-state index in [1.807, 2.05) is 18.2 Å². The first-order chi connectivity index (χ1) is 11.1. The Kier molecular flexibility index (Phi) is 6.44. The molecule has 0 radical (unpaired) electrons. The second kappa shape index (κ2) is 8.56. The molecule has 1 aromatic rings. The maximum absolute atomic E-state index is 11.9. The van der Waals surface area contributed by atoms with Crippen LogP contribution in [0.5, 0.6) is 5.75 Å². The lowest BCUT2D eigenvalue weighted by Gasteiger charge is -2.29. The summed E-state index contributed by atoms with van der Waals surface area (Å²) >= 11 is 0. The summed E-state index contributed by atoms with van der Waals surface area (Å²) in [4.78, 5) is 23.8. The molecular weight excluding hydrogens is 294 g/mol. The molecule has 2 atom stereocenters. The molecule has 0 saturated heterocycles. The summed E-state index contributed by atoms with van der Waals surface area (Å²) in [7, 11) is 1.56. The van der Waals surface area contributed by atoms with E-state index < -0.39 is 5.97 Å². The molecule has 0 heterocycles. The van der Waals surface area contributed by atoms with Crippen molar-refractivity contribution in [3.8, 4) is 5.75 Å². The minimum Gasteiger partial charge on any atom is -0.496 e. The Morgan fingerprint density at radius 1 is 1.22 bits per heavy atom. The summed E-state index contributed by atoms with van der Waals surface area (Å²) in [6, 6.07) is 7.47. The zero-order valence-corrected chi connectivity index (χ0v) is 13.8. The van der Waals surface area contributed by atoms with Crippen LogP contribution in [-0.2, 0) is 20.7 Å². The number of rotatable bonds is 6. The summed E-state index contributed by atoms with van der Waals surface area (Å²) < 4.78 is 10.3. The van der Waals surface area contributed by atoms with Crippen molar-refractivity contribution in [3.63, 3.8) is 0 Å². The highest BCUT2D eigenvalue weighted by Crippen LogP contribution is 2.23. The zero-order chi connectivity index (χ0) is 16.7. The molecule has 5 nitrogen and oxygen atoms in total. The van der Waals surface area contributed by atoms with E-state index in [1.165, 1.54) is 6.42 Å². The van der Waals surface area contributed by atoms with Gasteiger partial charge >= 0.3 is 5.97 Å². The van der Waals surface area contributed by atoms with Crippen LogP contribution in [0.15, 0.2) is 24.3 Å². The molecule has 1 aliphatic rings. The molecule has 0 bridgehead atoms. The molecule has 1 aromatic carbocycles. The minimum absolute atomic E-state index is 0.0944. The molecular formula is C18H25NO4. The Balaban J connectivity index is 1.76. The topological polar surface area (TPSA) is 64.6 Å². The van der Waals surface area contributed by atoms with Gasteiger partial charge in [-0.1, -0.05) is 38.0 Å². The second-order valence-corrected chi connectivity index (χ2v) is 6.09. The first-order valence-electron chi connectivity index (χ1n) is 8.17. The Labute approximate surface area is 137 Å². The van der Waals surface area contributed by atoms with E-state index in [-0.39, 0.29) is 25.0 Å². The first kappa shape index (κ1) is 17.3. The van der Waals surface area contributed by atoms with Crippen molar-refractivity contribution in [2.24, 2.45) is 5.92 Å². The van der Waals surface area contributed by atoms with Gasteiger partial charge in [0, 0.05) is 11.6 Å². The van der Waals surface area contributed by atoms with Gasteiger partial charge in [-0.05, 0) is 24.8 Å². The highest BCUT2D eigenvalue weighted by atomic mass is 16.5. The van der Waals surface area contributed by atoms with Gasteiger partial charge in [0.05, 0.1) is 13.5 Å². The highest BCUT2D eigenvalue weighted by molar-refractivity contribution is 5.81. The lowest BCUT2D eigenvalue weighted by molar-refractivity contribution is -0.148. The molecule has 126 valence electrons. The van der Waals surface area contributed by atoms with Gasteiger partial charge in [0.1, 0.15) is 5.75 Å². The van der Waals surface area contributed by atoms with Crippen molar-refractivity contribution < 1.29 is 19.1 Å². The Morgan fingerprint density at radius 3 is 2.70 bits per heavy atom. The molecule has 0 unspecified atom stereocenters. The van der Waals surface area contributed by atoms with E-state index in [9.17, 15) is 9.59 Å². The highest BCUT2D eigenvalue weighted by Gasteiger charge is 2.23. The third-order valence-corrected chi connectivity index (χ3v) is 4.35. The van der Waals surface area contributed by atoms with E-state index in [0.717, 1.165) is 24.8 Å². The van der Waals surface area contributed by atoms with Crippen molar-refractivity contribution in [2.45, 2.75) is 45.1 Å². The van der Waals surface area contributed by atoms with Crippen LogP contribution in [0.4, 0.5) is 0 Å². The first-order valence-corrected chi connectivity index (χ1v) is 8.17. The standard InChI is InChI=1S/C18H25NO4/c1-13-7-3-5-9-15(13)19-17(20)12-23-18(21)11-14-8-4-6-10-16(14)22-2/h4,6,8,10,13,15H,3,5,7,9,11-12H2,1-2H3,(H,19,20)/t13-,15-/m1/s1. The van der Waals surface area contributed by atoms with Crippen LogP contribution in [0.2, 0.25) is 0 Å². The Bertz CT molecular complexity index is 544. The number of ether oxygens (including phenoxy) is 2. The number of benzene rings is 1. The van der Waals surface area contributed by atoms with Crippen LogP contribution in [0.3, 0.4) is 0 Å². The Morgan fingerprint density at radius 2 is 1.96 bits per heavy atom. The van der Waals surface area contributed by atoms with Crippen molar-refractivity contribution in [1.29, 1.82) is 0 Å². The van der Waals surface area contributed by atoms with Crippen molar-refractivity contribution in [1.82, 2.24) is 5.32 Å². The van der Waals surface area contributed by atoms with Gasteiger partial charge in [0.15, 0.2) is 6.61 Å². The van der Waals surface area contributed by atoms with Gasteiger partial charge in [-0.3, -0.25) is 9.59 Å². The fraction of sp³-hybridized carbons (Fsp3) is 0.556. The molecule has 1 amide bonds. The number of para-hydroxylation sites is 1. The number of amides is 1. The number of hydrogen-bond acceptors (Lipinski definition) is 4.